The SMILES string of the molecule is CC(=O)Nc1cc(C)ccc1N=Nc1snc(C)c1C#N. The van der Waals surface area contributed by atoms with Crippen LogP contribution >= 0.6 is 11.5 Å². The van der Waals surface area contributed by atoms with Gasteiger partial charge < -0.3 is 5.32 Å². The summed E-state index contributed by atoms with van der Waals surface area (Å²) in [6.45, 7) is 5.11. The molecule has 2 rings (SSSR count). The molecule has 21 heavy (non-hydrogen) atoms. The van der Waals surface area contributed by atoms with E-state index in [0.717, 1.165) is 17.1 Å². The highest BCUT2D eigenvalue weighted by Crippen LogP contribution is 2.31. The van der Waals surface area contributed by atoms with Gasteiger partial charge in [-0.3, -0.25) is 4.79 Å². The molecule has 7 heteroatoms. The van der Waals surface area contributed by atoms with Crippen LogP contribution in [-0.2, 0) is 4.79 Å². The summed E-state index contributed by atoms with van der Waals surface area (Å²) in [5.41, 5.74) is 3.19. The highest BCUT2D eigenvalue weighted by atomic mass is 32.1. The van der Waals surface area contributed by atoms with Gasteiger partial charge in [-0.15, -0.1) is 10.2 Å². The Morgan fingerprint density at radius 3 is 2.81 bits per heavy atom. The summed E-state index contributed by atoms with van der Waals surface area (Å²) in [5, 5.41) is 20.4. The first-order valence-electron chi connectivity index (χ1n) is 6.17. The van der Waals surface area contributed by atoms with E-state index in [1.165, 1.54) is 6.92 Å². The third kappa shape index (κ3) is 3.49. The first-order valence-corrected chi connectivity index (χ1v) is 6.95. The number of azo groups is 1. The van der Waals surface area contributed by atoms with Crippen LogP contribution in [0.25, 0.3) is 0 Å². The molecule has 6 nitrogen and oxygen atoms in total. The van der Waals surface area contributed by atoms with E-state index >= 15 is 0 Å². The fourth-order valence-corrected chi connectivity index (χ4v) is 2.36. The lowest BCUT2D eigenvalue weighted by Gasteiger charge is -2.06. The van der Waals surface area contributed by atoms with Crippen LogP contribution in [0.15, 0.2) is 28.4 Å². The highest BCUT2D eigenvalue weighted by molar-refractivity contribution is 7.10. The lowest BCUT2D eigenvalue weighted by atomic mass is 10.2. The first kappa shape index (κ1) is 14.8. The number of amides is 1. The van der Waals surface area contributed by atoms with Gasteiger partial charge in [-0.05, 0) is 43.1 Å². The smallest absolute Gasteiger partial charge is 0.221 e. The van der Waals surface area contributed by atoms with Gasteiger partial charge in [-0.2, -0.15) is 9.64 Å². The second kappa shape index (κ2) is 6.24. The first-order chi connectivity index (χ1) is 10.0. The van der Waals surface area contributed by atoms with Gasteiger partial charge in [-0.25, -0.2) is 0 Å². The van der Waals surface area contributed by atoms with E-state index in [1.54, 1.807) is 13.0 Å². The van der Waals surface area contributed by atoms with E-state index in [-0.39, 0.29) is 5.91 Å². The van der Waals surface area contributed by atoms with E-state index in [9.17, 15) is 4.79 Å². The second-order valence-corrected chi connectivity index (χ2v) is 5.21. The summed E-state index contributed by atoms with van der Waals surface area (Å²) in [7, 11) is 0. The average Bonchev–Trinajstić information content (AvgIpc) is 2.77. The average molecular weight is 299 g/mol. The number of hydrogen-bond acceptors (Lipinski definition) is 6. The molecule has 1 aromatic heterocycles. The summed E-state index contributed by atoms with van der Waals surface area (Å²) in [6, 6.07) is 7.52. The van der Waals surface area contributed by atoms with Gasteiger partial charge in [0.2, 0.25) is 5.91 Å². The summed E-state index contributed by atoms with van der Waals surface area (Å²) >= 11 is 1.12. The van der Waals surface area contributed by atoms with Crippen LogP contribution in [0.2, 0.25) is 0 Å². The molecule has 1 N–H and O–H groups in total. The molecule has 0 fully saturated rings. The molecule has 0 aliphatic carbocycles. The molecule has 2 aromatic rings. The highest BCUT2D eigenvalue weighted by Gasteiger charge is 2.10. The monoisotopic (exact) mass is 299 g/mol. The number of hydrogen-bond donors (Lipinski definition) is 1. The van der Waals surface area contributed by atoms with Gasteiger partial charge in [0.25, 0.3) is 0 Å². The van der Waals surface area contributed by atoms with Crippen LogP contribution in [-0.4, -0.2) is 10.3 Å². The Balaban J connectivity index is 2.37. The Bertz CT molecular complexity index is 757. The van der Waals surface area contributed by atoms with Gasteiger partial charge in [-0.1, -0.05) is 6.07 Å². The quantitative estimate of drug-likeness (QED) is 0.868. The van der Waals surface area contributed by atoms with Gasteiger partial charge in [0.05, 0.1) is 11.4 Å². The summed E-state index contributed by atoms with van der Waals surface area (Å²) in [5.74, 6) is -0.177. The molecule has 0 bridgehead atoms. The van der Waals surface area contributed by atoms with Gasteiger partial charge >= 0.3 is 0 Å². The Kier molecular flexibility index (Phi) is 4.40. The largest absolute Gasteiger partial charge is 0.324 e. The Morgan fingerprint density at radius 1 is 1.38 bits per heavy atom. The van der Waals surface area contributed by atoms with E-state index in [0.29, 0.717) is 27.6 Å². The van der Waals surface area contributed by atoms with Crippen molar-refractivity contribution >= 4 is 33.8 Å². The minimum absolute atomic E-state index is 0.177. The molecular weight excluding hydrogens is 286 g/mol. The van der Waals surface area contributed by atoms with Crippen molar-refractivity contribution in [3.05, 3.63) is 35.0 Å². The van der Waals surface area contributed by atoms with E-state index in [4.69, 9.17) is 5.26 Å². The molecular formula is C14H13N5OS. The topological polar surface area (TPSA) is 90.5 Å². The van der Waals surface area contributed by atoms with Crippen molar-refractivity contribution in [2.75, 3.05) is 5.32 Å². The van der Waals surface area contributed by atoms with Gasteiger partial charge in [0.1, 0.15) is 17.3 Å². The standard InChI is InChI=1S/C14H13N5OS/c1-8-4-5-12(13(6-8)16-10(3)20)17-18-14-11(7-15)9(2)19-21-14/h4-6H,1-3H3,(H,16,20). The number of benzene rings is 1. The Morgan fingerprint density at radius 2 is 2.14 bits per heavy atom. The zero-order valence-electron chi connectivity index (χ0n) is 11.8. The molecule has 106 valence electrons. The maximum Gasteiger partial charge on any atom is 0.221 e. The second-order valence-electron chi connectivity index (χ2n) is 4.46. The number of anilines is 1. The molecule has 0 atom stereocenters. The van der Waals surface area contributed by atoms with E-state index < -0.39 is 0 Å². The molecule has 0 saturated heterocycles. The fourth-order valence-electron chi connectivity index (χ4n) is 1.68. The van der Waals surface area contributed by atoms with Crippen molar-refractivity contribution in [3.63, 3.8) is 0 Å². The third-order valence-corrected chi connectivity index (χ3v) is 3.49. The van der Waals surface area contributed by atoms with Crippen LogP contribution in [0.1, 0.15) is 23.7 Å². The van der Waals surface area contributed by atoms with Crippen LogP contribution in [0, 0.1) is 25.2 Å². The third-order valence-electron chi connectivity index (χ3n) is 2.67. The summed E-state index contributed by atoms with van der Waals surface area (Å²) < 4.78 is 4.08. The lowest BCUT2D eigenvalue weighted by Crippen LogP contribution is -2.05. The molecule has 1 aromatic carbocycles. The van der Waals surface area contributed by atoms with Crippen molar-refractivity contribution in [3.8, 4) is 6.07 Å². The number of carbonyl (C=O) groups excluding carboxylic acids is 1. The number of rotatable bonds is 3. The Labute approximate surface area is 126 Å². The molecule has 0 spiro atoms. The molecule has 0 saturated carbocycles. The summed E-state index contributed by atoms with van der Waals surface area (Å²) in [4.78, 5) is 11.2. The van der Waals surface area contributed by atoms with Crippen molar-refractivity contribution in [1.82, 2.24) is 4.37 Å². The van der Waals surface area contributed by atoms with E-state index in [1.807, 2.05) is 19.1 Å². The minimum Gasteiger partial charge on any atom is -0.324 e. The summed E-state index contributed by atoms with van der Waals surface area (Å²) in [6.07, 6.45) is 0. The van der Waals surface area contributed by atoms with Crippen molar-refractivity contribution in [1.29, 1.82) is 5.26 Å². The minimum atomic E-state index is -0.177. The molecule has 1 amide bonds. The maximum atomic E-state index is 11.2. The molecule has 0 radical (unpaired) electrons. The van der Waals surface area contributed by atoms with Crippen molar-refractivity contribution < 1.29 is 4.79 Å². The fraction of sp³-hybridized carbons (Fsp3) is 0.214. The van der Waals surface area contributed by atoms with Crippen LogP contribution < -0.4 is 5.32 Å². The zero-order chi connectivity index (χ0) is 15.4. The molecule has 0 aliphatic heterocycles. The number of aryl methyl sites for hydroxylation is 2. The van der Waals surface area contributed by atoms with Crippen molar-refractivity contribution in [2.24, 2.45) is 10.2 Å². The van der Waals surface area contributed by atoms with E-state index in [2.05, 4.69) is 26.0 Å². The molecule has 0 unspecified atom stereocenters. The number of aromatic nitrogens is 1. The van der Waals surface area contributed by atoms with Gasteiger partial charge in [0, 0.05) is 6.92 Å². The van der Waals surface area contributed by atoms with Crippen molar-refractivity contribution in [2.45, 2.75) is 20.8 Å². The van der Waals surface area contributed by atoms with Gasteiger partial charge in [0.15, 0.2) is 5.00 Å². The number of nitrogens with one attached hydrogen (secondary N) is 1. The number of nitrogens with zero attached hydrogens (tertiary/aromatic N) is 4. The normalized spacial score (nSPS) is 10.6. The number of carbonyl (C=O) groups is 1. The molecule has 0 aliphatic rings. The Hall–Kier alpha value is -2.59. The predicted molar refractivity (Wildman–Crippen MR) is 81.2 cm³/mol. The zero-order valence-corrected chi connectivity index (χ0v) is 12.7. The van der Waals surface area contributed by atoms with Crippen LogP contribution in [0.4, 0.5) is 16.4 Å². The predicted octanol–water partition coefficient (Wildman–Crippen LogP) is 4.01. The van der Waals surface area contributed by atoms with Crippen LogP contribution in [0.3, 0.4) is 0 Å². The number of nitriles is 1. The lowest BCUT2D eigenvalue weighted by molar-refractivity contribution is -0.114. The molecule has 1 heterocycles. The maximum absolute atomic E-state index is 11.2. The van der Waals surface area contributed by atoms with Crippen LogP contribution in [0.5, 0.6) is 0 Å².